The van der Waals surface area contributed by atoms with Crippen LogP contribution < -0.4 is 10.2 Å². The molecule has 2 amide bonds. The lowest BCUT2D eigenvalue weighted by molar-refractivity contribution is 0.0879. The highest BCUT2D eigenvalue weighted by Gasteiger charge is 2.30. The van der Waals surface area contributed by atoms with E-state index in [0.717, 1.165) is 18.8 Å². The molecule has 0 bridgehead atoms. The molecule has 2 aliphatic rings. The van der Waals surface area contributed by atoms with E-state index in [1.165, 1.54) is 0 Å². The lowest BCUT2D eigenvalue weighted by atomic mass is 9.99. The van der Waals surface area contributed by atoms with Gasteiger partial charge >= 0.3 is 0 Å². The van der Waals surface area contributed by atoms with Gasteiger partial charge in [-0.3, -0.25) is 14.9 Å². The van der Waals surface area contributed by atoms with Crippen molar-refractivity contribution in [1.29, 1.82) is 0 Å². The van der Waals surface area contributed by atoms with Gasteiger partial charge in [-0.2, -0.15) is 0 Å². The van der Waals surface area contributed by atoms with Gasteiger partial charge in [-0.25, -0.2) is 0 Å². The van der Waals surface area contributed by atoms with Crippen molar-refractivity contribution in [1.82, 2.24) is 5.32 Å². The number of hydrogen-bond acceptors (Lipinski definition) is 4. The summed E-state index contributed by atoms with van der Waals surface area (Å²) in [6.07, 6.45) is 0. The average molecular weight is 232 g/mol. The first-order valence-electron chi connectivity index (χ1n) is 5.54. The van der Waals surface area contributed by atoms with Crippen LogP contribution >= 0.6 is 0 Å². The summed E-state index contributed by atoms with van der Waals surface area (Å²) in [5, 5.41) is 11.2. The van der Waals surface area contributed by atoms with Crippen LogP contribution in [0.1, 0.15) is 20.7 Å². The molecule has 1 fully saturated rings. The number of fused-ring (bicyclic) bond motifs is 1. The van der Waals surface area contributed by atoms with E-state index in [9.17, 15) is 9.59 Å². The van der Waals surface area contributed by atoms with Gasteiger partial charge in [0.25, 0.3) is 11.8 Å². The molecule has 1 aromatic carbocycles. The van der Waals surface area contributed by atoms with E-state index in [4.69, 9.17) is 5.11 Å². The van der Waals surface area contributed by atoms with Crippen molar-refractivity contribution in [2.75, 3.05) is 24.6 Å². The van der Waals surface area contributed by atoms with Crippen molar-refractivity contribution < 1.29 is 14.7 Å². The maximum atomic E-state index is 11.5. The SMILES string of the molecule is O=C1NC(=O)c2cc(N3CC(CO)C3)ccc21. The van der Waals surface area contributed by atoms with Crippen LogP contribution in [0.4, 0.5) is 5.69 Å². The molecule has 0 saturated carbocycles. The second-order valence-corrected chi connectivity index (χ2v) is 4.47. The van der Waals surface area contributed by atoms with E-state index in [1.54, 1.807) is 12.1 Å². The molecule has 2 aliphatic heterocycles. The number of rotatable bonds is 2. The molecular weight excluding hydrogens is 220 g/mol. The molecule has 0 unspecified atom stereocenters. The van der Waals surface area contributed by atoms with Gasteiger partial charge in [0, 0.05) is 31.3 Å². The fourth-order valence-corrected chi connectivity index (χ4v) is 2.25. The van der Waals surface area contributed by atoms with Crippen LogP contribution in [0.2, 0.25) is 0 Å². The summed E-state index contributed by atoms with van der Waals surface area (Å²) in [5.41, 5.74) is 1.82. The van der Waals surface area contributed by atoms with Crippen molar-refractivity contribution in [3.8, 4) is 0 Å². The number of carbonyl (C=O) groups excluding carboxylic acids is 2. The van der Waals surface area contributed by atoms with Crippen LogP contribution in [-0.4, -0.2) is 36.6 Å². The Labute approximate surface area is 98.0 Å². The third-order valence-electron chi connectivity index (χ3n) is 3.30. The smallest absolute Gasteiger partial charge is 0.259 e. The van der Waals surface area contributed by atoms with E-state index in [0.29, 0.717) is 17.0 Å². The van der Waals surface area contributed by atoms with Crippen LogP contribution in [0, 0.1) is 5.92 Å². The standard InChI is InChI=1S/C12H12N2O3/c15-6-7-4-14(5-7)8-1-2-9-10(3-8)12(17)13-11(9)16/h1-3,7,15H,4-6H2,(H,13,16,17). The number of nitrogens with zero attached hydrogens (tertiary/aromatic N) is 1. The van der Waals surface area contributed by atoms with E-state index >= 15 is 0 Å². The molecule has 0 aliphatic carbocycles. The van der Waals surface area contributed by atoms with E-state index in [-0.39, 0.29) is 18.4 Å². The van der Waals surface area contributed by atoms with Gasteiger partial charge in [0.1, 0.15) is 0 Å². The molecule has 1 aromatic rings. The van der Waals surface area contributed by atoms with Crippen LogP contribution in [0.15, 0.2) is 18.2 Å². The van der Waals surface area contributed by atoms with Crippen molar-refractivity contribution in [3.05, 3.63) is 29.3 Å². The molecule has 0 aromatic heterocycles. The number of anilines is 1. The molecule has 0 atom stereocenters. The van der Waals surface area contributed by atoms with Crippen LogP contribution in [-0.2, 0) is 0 Å². The first kappa shape index (κ1) is 10.3. The van der Waals surface area contributed by atoms with Gasteiger partial charge in [0.2, 0.25) is 0 Å². The fourth-order valence-electron chi connectivity index (χ4n) is 2.25. The number of imide groups is 1. The molecule has 5 nitrogen and oxygen atoms in total. The monoisotopic (exact) mass is 232 g/mol. The Bertz CT molecular complexity index is 506. The van der Waals surface area contributed by atoms with Crippen LogP contribution in [0.3, 0.4) is 0 Å². The van der Waals surface area contributed by atoms with Gasteiger partial charge < -0.3 is 10.0 Å². The third-order valence-corrected chi connectivity index (χ3v) is 3.30. The Kier molecular flexibility index (Phi) is 2.16. The third kappa shape index (κ3) is 1.51. The van der Waals surface area contributed by atoms with Gasteiger partial charge in [0.15, 0.2) is 0 Å². The van der Waals surface area contributed by atoms with Crippen LogP contribution in [0.25, 0.3) is 0 Å². The summed E-state index contributed by atoms with van der Waals surface area (Å²) in [7, 11) is 0. The fraction of sp³-hybridized carbons (Fsp3) is 0.333. The molecule has 1 saturated heterocycles. The van der Waals surface area contributed by atoms with Gasteiger partial charge in [-0.05, 0) is 18.2 Å². The summed E-state index contributed by atoms with van der Waals surface area (Å²) in [6, 6.07) is 5.25. The number of aliphatic hydroxyl groups excluding tert-OH is 1. The van der Waals surface area contributed by atoms with Crippen molar-refractivity contribution in [2.45, 2.75) is 0 Å². The number of carbonyl (C=O) groups is 2. The first-order valence-corrected chi connectivity index (χ1v) is 5.54. The minimum Gasteiger partial charge on any atom is -0.396 e. The number of benzene rings is 1. The highest BCUT2D eigenvalue weighted by atomic mass is 16.3. The largest absolute Gasteiger partial charge is 0.396 e. The lowest BCUT2D eigenvalue weighted by Crippen LogP contribution is -2.48. The van der Waals surface area contributed by atoms with Gasteiger partial charge in [-0.1, -0.05) is 0 Å². The predicted molar refractivity (Wildman–Crippen MR) is 61.0 cm³/mol. The highest BCUT2D eigenvalue weighted by molar-refractivity contribution is 6.21. The normalized spacial score (nSPS) is 19.0. The molecule has 88 valence electrons. The molecule has 17 heavy (non-hydrogen) atoms. The predicted octanol–water partition coefficient (Wildman–Crippen LogP) is -0.00130. The second-order valence-electron chi connectivity index (χ2n) is 4.47. The quantitative estimate of drug-likeness (QED) is 0.704. The minimum atomic E-state index is -0.328. The Morgan fingerprint density at radius 2 is 1.94 bits per heavy atom. The van der Waals surface area contributed by atoms with Crippen molar-refractivity contribution >= 4 is 17.5 Å². The van der Waals surface area contributed by atoms with Crippen molar-refractivity contribution in [3.63, 3.8) is 0 Å². The van der Waals surface area contributed by atoms with E-state index < -0.39 is 0 Å². The summed E-state index contributed by atoms with van der Waals surface area (Å²) < 4.78 is 0. The first-order chi connectivity index (χ1) is 8.19. The molecule has 0 spiro atoms. The number of hydrogen-bond donors (Lipinski definition) is 2. The zero-order valence-electron chi connectivity index (χ0n) is 9.14. The Hall–Kier alpha value is -1.88. The maximum Gasteiger partial charge on any atom is 0.259 e. The highest BCUT2D eigenvalue weighted by Crippen LogP contribution is 2.28. The summed E-state index contributed by atoms with van der Waals surface area (Å²) in [4.78, 5) is 24.9. The zero-order chi connectivity index (χ0) is 12.0. The molecule has 0 radical (unpaired) electrons. The average Bonchev–Trinajstić information content (AvgIpc) is 2.53. The molecule has 2 heterocycles. The molecule has 3 rings (SSSR count). The Morgan fingerprint density at radius 3 is 2.65 bits per heavy atom. The molecule has 2 N–H and O–H groups in total. The Balaban J connectivity index is 1.87. The van der Waals surface area contributed by atoms with Gasteiger partial charge in [-0.15, -0.1) is 0 Å². The van der Waals surface area contributed by atoms with Gasteiger partial charge in [0.05, 0.1) is 11.1 Å². The van der Waals surface area contributed by atoms with E-state index in [1.807, 2.05) is 6.07 Å². The van der Waals surface area contributed by atoms with E-state index in [2.05, 4.69) is 10.2 Å². The number of amides is 2. The second kappa shape index (κ2) is 3.56. The molecule has 5 heteroatoms. The minimum absolute atomic E-state index is 0.195. The number of aliphatic hydroxyl groups is 1. The van der Waals surface area contributed by atoms with Crippen LogP contribution in [0.5, 0.6) is 0 Å². The summed E-state index contributed by atoms with van der Waals surface area (Å²) >= 11 is 0. The van der Waals surface area contributed by atoms with Crippen molar-refractivity contribution in [2.24, 2.45) is 5.92 Å². The maximum absolute atomic E-state index is 11.5. The molecular formula is C12H12N2O3. The summed E-state index contributed by atoms with van der Waals surface area (Å²) in [6.45, 7) is 1.79. The Morgan fingerprint density at radius 1 is 1.24 bits per heavy atom. The summed E-state index contributed by atoms with van der Waals surface area (Å²) in [5.74, 6) is -0.335. The lowest BCUT2D eigenvalue weighted by Gasteiger charge is -2.40. The zero-order valence-corrected chi connectivity index (χ0v) is 9.14. The topological polar surface area (TPSA) is 69.6 Å². The number of nitrogens with one attached hydrogen (secondary N) is 1.